The molecule has 1 spiro atoms. The van der Waals surface area contributed by atoms with Crippen LogP contribution in [-0.4, -0.2) is 42.5 Å². The summed E-state index contributed by atoms with van der Waals surface area (Å²) in [5, 5.41) is 3.73. The summed E-state index contributed by atoms with van der Waals surface area (Å²) in [6, 6.07) is 8.74. The van der Waals surface area contributed by atoms with Gasteiger partial charge in [0.05, 0.1) is 24.5 Å². The summed E-state index contributed by atoms with van der Waals surface area (Å²) in [4.78, 5) is 15.6. The standard InChI is InChI=1S/C20H22N2O3/c1-3-11-10-22-15-8-12(11)17(18(23)24-2)19-9-16(22)25-20(15,19)21-14-7-5-4-6-13(14)19/h3-7,12,15-17,21H,8-10H2,1-2H3/b11-3-/t12-,15-,16-,17-,19+,20-/m1/s1. The molecule has 5 nitrogen and oxygen atoms in total. The van der Waals surface area contributed by atoms with Gasteiger partial charge in [-0.05, 0) is 30.9 Å². The van der Waals surface area contributed by atoms with Gasteiger partial charge in [0, 0.05) is 18.7 Å². The van der Waals surface area contributed by atoms with E-state index in [4.69, 9.17) is 9.47 Å². The average molecular weight is 338 g/mol. The van der Waals surface area contributed by atoms with Crippen LogP contribution in [0, 0.1) is 11.8 Å². The lowest BCUT2D eigenvalue weighted by Crippen LogP contribution is -2.73. The monoisotopic (exact) mass is 338 g/mol. The number of allylic oxidation sites excluding steroid dienone is 1. The van der Waals surface area contributed by atoms with Crippen molar-refractivity contribution in [3.05, 3.63) is 41.5 Å². The first-order chi connectivity index (χ1) is 12.2. The minimum Gasteiger partial charge on any atom is -0.469 e. The first kappa shape index (κ1) is 14.3. The van der Waals surface area contributed by atoms with Crippen molar-refractivity contribution in [1.82, 2.24) is 4.90 Å². The Morgan fingerprint density at radius 3 is 3.08 bits per heavy atom. The fourth-order valence-corrected chi connectivity index (χ4v) is 6.75. The number of nitrogens with one attached hydrogen (secondary N) is 1. The first-order valence-electron chi connectivity index (χ1n) is 9.20. The Kier molecular flexibility index (Phi) is 2.45. The van der Waals surface area contributed by atoms with E-state index < -0.39 is 5.72 Å². The van der Waals surface area contributed by atoms with Gasteiger partial charge in [0.1, 0.15) is 6.23 Å². The molecule has 4 bridgehead atoms. The van der Waals surface area contributed by atoms with Crippen LogP contribution in [0.5, 0.6) is 0 Å². The molecule has 0 aromatic heterocycles. The van der Waals surface area contributed by atoms with Crippen molar-refractivity contribution >= 4 is 11.7 Å². The molecule has 4 heterocycles. The fraction of sp³-hybridized carbons (Fsp3) is 0.550. The van der Waals surface area contributed by atoms with E-state index in [1.165, 1.54) is 18.2 Å². The molecule has 1 aromatic carbocycles. The van der Waals surface area contributed by atoms with Crippen LogP contribution in [0.25, 0.3) is 0 Å². The molecule has 1 aromatic rings. The molecule has 0 unspecified atom stereocenters. The first-order valence-corrected chi connectivity index (χ1v) is 9.20. The van der Waals surface area contributed by atoms with Gasteiger partial charge in [0.25, 0.3) is 0 Å². The van der Waals surface area contributed by atoms with E-state index in [1.54, 1.807) is 0 Å². The number of para-hydroxylation sites is 1. The fourth-order valence-electron chi connectivity index (χ4n) is 6.75. The van der Waals surface area contributed by atoms with Crippen molar-refractivity contribution in [2.45, 2.75) is 43.2 Å². The smallest absolute Gasteiger partial charge is 0.310 e. The molecule has 1 saturated carbocycles. The minimum atomic E-state index is -0.490. The van der Waals surface area contributed by atoms with Gasteiger partial charge in [0.2, 0.25) is 0 Å². The van der Waals surface area contributed by atoms with Gasteiger partial charge >= 0.3 is 5.97 Å². The molecule has 6 rings (SSSR count). The molecule has 4 aliphatic heterocycles. The summed E-state index contributed by atoms with van der Waals surface area (Å²) in [5.74, 6) is -0.0451. The second-order valence-corrected chi connectivity index (χ2v) is 8.05. The number of methoxy groups -OCH3 is 1. The third kappa shape index (κ3) is 1.30. The summed E-state index contributed by atoms with van der Waals surface area (Å²) in [6.07, 6.45) is 4.10. The zero-order chi connectivity index (χ0) is 17.0. The Bertz CT molecular complexity index is 836. The molecule has 4 fully saturated rings. The van der Waals surface area contributed by atoms with Gasteiger partial charge in [-0.1, -0.05) is 29.8 Å². The van der Waals surface area contributed by atoms with Crippen LogP contribution in [0.3, 0.4) is 0 Å². The molecular weight excluding hydrogens is 316 g/mol. The lowest BCUT2D eigenvalue weighted by molar-refractivity contribution is -0.161. The molecule has 1 aliphatic carbocycles. The molecule has 5 aliphatic rings. The highest BCUT2D eigenvalue weighted by molar-refractivity contribution is 5.81. The zero-order valence-electron chi connectivity index (χ0n) is 14.5. The van der Waals surface area contributed by atoms with Crippen molar-refractivity contribution < 1.29 is 14.3 Å². The van der Waals surface area contributed by atoms with Crippen molar-refractivity contribution in [1.29, 1.82) is 0 Å². The number of piperidine rings is 2. The summed E-state index contributed by atoms with van der Waals surface area (Å²) < 4.78 is 12.0. The van der Waals surface area contributed by atoms with Crippen LogP contribution in [0.2, 0.25) is 0 Å². The molecular formula is C20H22N2O3. The Morgan fingerprint density at radius 2 is 2.28 bits per heavy atom. The largest absolute Gasteiger partial charge is 0.469 e. The second kappa shape index (κ2) is 4.27. The predicted octanol–water partition coefficient (Wildman–Crippen LogP) is 2.25. The maximum Gasteiger partial charge on any atom is 0.310 e. The summed E-state index contributed by atoms with van der Waals surface area (Å²) in [5.41, 5.74) is 2.89. The molecule has 1 N–H and O–H groups in total. The highest BCUT2D eigenvalue weighted by Gasteiger charge is 2.82. The van der Waals surface area contributed by atoms with Crippen molar-refractivity contribution in [3.8, 4) is 0 Å². The number of carbonyl (C=O) groups is 1. The molecule has 130 valence electrons. The highest BCUT2D eigenvalue weighted by atomic mass is 16.6. The second-order valence-electron chi connectivity index (χ2n) is 8.05. The zero-order valence-corrected chi connectivity index (χ0v) is 14.5. The normalized spacial score (nSPS) is 46.9. The predicted molar refractivity (Wildman–Crippen MR) is 91.8 cm³/mol. The van der Waals surface area contributed by atoms with Crippen LogP contribution in [-0.2, 0) is 19.7 Å². The van der Waals surface area contributed by atoms with Gasteiger partial charge in [-0.25, -0.2) is 0 Å². The summed E-state index contributed by atoms with van der Waals surface area (Å²) >= 11 is 0. The van der Waals surface area contributed by atoms with Crippen molar-refractivity contribution in [2.75, 3.05) is 19.0 Å². The number of esters is 1. The third-order valence-corrected chi connectivity index (χ3v) is 7.53. The van der Waals surface area contributed by atoms with Crippen molar-refractivity contribution in [2.24, 2.45) is 11.8 Å². The molecule has 3 saturated heterocycles. The van der Waals surface area contributed by atoms with E-state index in [0.717, 1.165) is 25.1 Å². The molecule has 0 radical (unpaired) electrons. The van der Waals surface area contributed by atoms with E-state index in [2.05, 4.69) is 47.5 Å². The topological polar surface area (TPSA) is 50.8 Å². The quantitative estimate of drug-likeness (QED) is 0.629. The Labute approximate surface area is 147 Å². The summed E-state index contributed by atoms with van der Waals surface area (Å²) in [6.45, 7) is 2.99. The van der Waals surface area contributed by atoms with E-state index in [0.29, 0.717) is 6.04 Å². The van der Waals surface area contributed by atoms with Crippen LogP contribution < -0.4 is 5.32 Å². The van der Waals surface area contributed by atoms with Crippen LogP contribution in [0.4, 0.5) is 5.69 Å². The van der Waals surface area contributed by atoms with Crippen molar-refractivity contribution in [3.63, 3.8) is 0 Å². The number of anilines is 1. The third-order valence-electron chi connectivity index (χ3n) is 7.53. The number of hydrogen-bond donors (Lipinski definition) is 1. The number of carbonyl (C=O) groups excluding carboxylic acids is 1. The number of nitrogens with zero attached hydrogens (tertiary/aromatic N) is 1. The lowest BCUT2D eigenvalue weighted by Gasteiger charge is -2.60. The number of fused-ring (bicyclic) bond motifs is 4. The van der Waals surface area contributed by atoms with Gasteiger partial charge < -0.3 is 14.8 Å². The van der Waals surface area contributed by atoms with Gasteiger partial charge in [-0.2, -0.15) is 0 Å². The molecule has 25 heavy (non-hydrogen) atoms. The highest BCUT2D eigenvalue weighted by Crippen LogP contribution is 2.72. The molecule has 5 heteroatoms. The van der Waals surface area contributed by atoms with Crippen LogP contribution >= 0.6 is 0 Å². The maximum atomic E-state index is 13.1. The number of ether oxygens (including phenoxy) is 2. The van der Waals surface area contributed by atoms with Gasteiger partial charge in [-0.3, -0.25) is 9.69 Å². The molecule has 0 amide bonds. The Morgan fingerprint density at radius 1 is 1.44 bits per heavy atom. The lowest BCUT2D eigenvalue weighted by atomic mass is 9.49. The van der Waals surface area contributed by atoms with E-state index in [-0.39, 0.29) is 29.4 Å². The Balaban J connectivity index is 1.67. The van der Waals surface area contributed by atoms with Crippen LogP contribution in [0.1, 0.15) is 25.3 Å². The van der Waals surface area contributed by atoms with E-state index in [1.807, 2.05) is 0 Å². The number of rotatable bonds is 1. The SMILES string of the molecule is C/C=C1/CN2[C@H]3C[C@@]45c6ccccc6N[C@@]4(O3)[C@H]2C[C@H]1[C@@H]5C(=O)OC. The van der Waals surface area contributed by atoms with E-state index >= 15 is 0 Å². The van der Waals surface area contributed by atoms with E-state index in [9.17, 15) is 4.79 Å². The van der Waals surface area contributed by atoms with Gasteiger partial charge in [0.15, 0.2) is 5.72 Å². The minimum absolute atomic E-state index is 0.0780. The number of benzene rings is 1. The molecule has 6 atom stereocenters. The Hall–Kier alpha value is -1.85. The average Bonchev–Trinajstić information content (AvgIpc) is 3.22. The maximum absolute atomic E-state index is 13.1. The summed E-state index contributed by atoms with van der Waals surface area (Å²) in [7, 11) is 1.52. The number of hydrogen-bond acceptors (Lipinski definition) is 5. The van der Waals surface area contributed by atoms with Gasteiger partial charge in [-0.15, -0.1) is 0 Å². The van der Waals surface area contributed by atoms with Crippen LogP contribution in [0.15, 0.2) is 35.9 Å².